The van der Waals surface area contributed by atoms with Gasteiger partial charge in [0.1, 0.15) is 5.82 Å². The molecule has 2 rings (SSSR count). The molecule has 3 N–H and O–H groups in total. The maximum Gasteiger partial charge on any atom is 0.252 e. The van der Waals surface area contributed by atoms with Gasteiger partial charge in [-0.25, -0.2) is 4.98 Å². The standard InChI is InChI=1S/C16H26N4O/c1-13-6-10-20(11-7-13)15-5-4-14(12-19-15)16(21)18-9-3-2-8-17/h4-5,12-13H,2-3,6-11,17H2,1H3,(H,18,21). The Morgan fingerprint density at radius 3 is 2.76 bits per heavy atom. The number of nitrogens with zero attached hydrogens (tertiary/aromatic N) is 2. The van der Waals surface area contributed by atoms with Gasteiger partial charge in [-0.3, -0.25) is 4.79 Å². The van der Waals surface area contributed by atoms with Gasteiger partial charge in [0.05, 0.1) is 5.56 Å². The lowest BCUT2D eigenvalue weighted by atomic mass is 9.99. The minimum Gasteiger partial charge on any atom is -0.357 e. The van der Waals surface area contributed by atoms with E-state index in [1.807, 2.05) is 12.1 Å². The average Bonchev–Trinajstić information content (AvgIpc) is 2.52. The van der Waals surface area contributed by atoms with E-state index in [2.05, 4.69) is 22.1 Å². The number of pyridine rings is 1. The first-order chi connectivity index (χ1) is 10.2. The number of carbonyl (C=O) groups is 1. The lowest BCUT2D eigenvalue weighted by molar-refractivity contribution is 0.0952. The van der Waals surface area contributed by atoms with Gasteiger partial charge in [0.15, 0.2) is 0 Å². The van der Waals surface area contributed by atoms with Crippen molar-refractivity contribution in [3.63, 3.8) is 0 Å². The molecule has 0 aromatic carbocycles. The first-order valence-corrected chi connectivity index (χ1v) is 7.90. The Morgan fingerprint density at radius 2 is 2.14 bits per heavy atom. The molecular weight excluding hydrogens is 264 g/mol. The number of nitrogens with two attached hydrogens (primary N) is 1. The third-order valence-corrected chi connectivity index (χ3v) is 4.03. The first-order valence-electron chi connectivity index (χ1n) is 7.90. The summed E-state index contributed by atoms with van der Waals surface area (Å²) in [5, 5.41) is 2.89. The van der Waals surface area contributed by atoms with Crippen molar-refractivity contribution in [3.05, 3.63) is 23.9 Å². The van der Waals surface area contributed by atoms with E-state index in [0.29, 0.717) is 18.7 Å². The van der Waals surface area contributed by atoms with Gasteiger partial charge in [-0.15, -0.1) is 0 Å². The van der Waals surface area contributed by atoms with E-state index in [1.54, 1.807) is 6.20 Å². The SMILES string of the molecule is CC1CCN(c2ccc(C(=O)NCCCCN)cn2)CC1. The van der Waals surface area contributed by atoms with Crippen LogP contribution in [0.4, 0.5) is 5.82 Å². The lowest BCUT2D eigenvalue weighted by Gasteiger charge is -2.31. The second kappa shape index (κ2) is 7.98. The van der Waals surface area contributed by atoms with Gasteiger partial charge in [-0.2, -0.15) is 0 Å². The Balaban J connectivity index is 1.85. The van der Waals surface area contributed by atoms with Crippen molar-refractivity contribution in [3.8, 4) is 0 Å². The summed E-state index contributed by atoms with van der Waals surface area (Å²) in [5.74, 6) is 1.72. The summed E-state index contributed by atoms with van der Waals surface area (Å²) < 4.78 is 0. The molecule has 0 radical (unpaired) electrons. The Morgan fingerprint density at radius 1 is 1.38 bits per heavy atom. The Labute approximate surface area is 126 Å². The van der Waals surface area contributed by atoms with Crippen molar-refractivity contribution < 1.29 is 4.79 Å². The summed E-state index contributed by atoms with van der Waals surface area (Å²) in [7, 11) is 0. The van der Waals surface area contributed by atoms with Gasteiger partial charge < -0.3 is 16.0 Å². The zero-order valence-corrected chi connectivity index (χ0v) is 12.8. The van der Waals surface area contributed by atoms with Crippen LogP contribution in [0.5, 0.6) is 0 Å². The first kappa shape index (κ1) is 15.8. The van der Waals surface area contributed by atoms with Gasteiger partial charge >= 0.3 is 0 Å². The fraction of sp³-hybridized carbons (Fsp3) is 0.625. The largest absolute Gasteiger partial charge is 0.357 e. The van der Waals surface area contributed by atoms with E-state index in [-0.39, 0.29) is 5.91 Å². The molecule has 1 aliphatic heterocycles. The number of rotatable bonds is 6. The molecule has 1 aromatic heterocycles. The summed E-state index contributed by atoms with van der Waals surface area (Å²) in [4.78, 5) is 18.7. The molecule has 1 aromatic rings. The number of unbranched alkanes of at least 4 members (excludes halogenated alkanes) is 1. The van der Waals surface area contributed by atoms with Crippen molar-refractivity contribution in [1.29, 1.82) is 0 Å². The van der Waals surface area contributed by atoms with Crippen LogP contribution in [0.3, 0.4) is 0 Å². The van der Waals surface area contributed by atoms with E-state index >= 15 is 0 Å². The van der Waals surface area contributed by atoms with Gasteiger partial charge in [-0.05, 0) is 50.3 Å². The van der Waals surface area contributed by atoms with Crippen LogP contribution in [0.1, 0.15) is 43.0 Å². The predicted octanol–water partition coefficient (Wildman–Crippen LogP) is 1.79. The predicted molar refractivity (Wildman–Crippen MR) is 85.5 cm³/mol. The van der Waals surface area contributed by atoms with Gasteiger partial charge in [0.25, 0.3) is 5.91 Å². The van der Waals surface area contributed by atoms with Crippen LogP contribution in [0.2, 0.25) is 0 Å². The molecule has 2 heterocycles. The normalized spacial score (nSPS) is 16.0. The van der Waals surface area contributed by atoms with Crippen molar-refractivity contribution in [2.75, 3.05) is 31.1 Å². The van der Waals surface area contributed by atoms with Crippen LogP contribution in [-0.4, -0.2) is 37.1 Å². The second-order valence-electron chi connectivity index (χ2n) is 5.83. The molecule has 1 fully saturated rings. The maximum atomic E-state index is 11.9. The highest BCUT2D eigenvalue weighted by Crippen LogP contribution is 2.21. The summed E-state index contributed by atoms with van der Waals surface area (Å²) >= 11 is 0. The fourth-order valence-electron chi connectivity index (χ4n) is 2.52. The smallest absolute Gasteiger partial charge is 0.252 e. The van der Waals surface area contributed by atoms with E-state index in [9.17, 15) is 4.79 Å². The number of amides is 1. The molecule has 0 spiro atoms. The van der Waals surface area contributed by atoms with Gasteiger partial charge in [0.2, 0.25) is 0 Å². The van der Waals surface area contributed by atoms with E-state index < -0.39 is 0 Å². The van der Waals surface area contributed by atoms with E-state index in [4.69, 9.17) is 5.73 Å². The lowest BCUT2D eigenvalue weighted by Crippen LogP contribution is -2.33. The summed E-state index contributed by atoms with van der Waals surface area (Å²) in [6.45, 7) is 5.74. The quantitative estimate of drug-likeness (QED) is 0.784. The van der Waals surface area contributed by atoms with Gasteiger partial charge in [0, 0.05) is 25.8 Å². The summed E-state index contributed by atoms with van der Waals surface area (Å²) in [6.07, 6.45) is 5.95. The number of hydrogen-bond donors (Lipinski definition) is 2. The molecule has 0 bridgehead atoms. The summed E-state index contributed by atoms with van der Waals surface area (Å²) in [5.41, 5.74) is 6.05. The topological polar surface area (TPSA) is 71.2 Å². The van der Waals surface area contributed by atoms with Crippen LogP contribution in [-0.2, 0) is 0 Å². The molecule has 5 nitrogen and oxygen atoms in total. The molecule has 1 saturated heterocycles. The van der Waals surface area contributed by atoms with Crippen LogP contribution >= 0.6 is 0 Å². The number of nitrogens with one attached hydrogen (secondary N) is 1. The molecule has 116 valence electrons. The zero-order chi connectivity index (χ0) is 15.1. The molecule has 1 aliphatic rings. The Hall–Kier alpha value is -1.62. The molecule has 21 heavy (non-hydrogen) atoms. The number of hydrogen-bond acceptors (Lipinski definition) is 4. The zero-order valence-electron chi connectivity index (χ0n) is 12.8. The third-order valence-electron chi connectivity index (χ3n) is 4.03. The number of carbonyl (C=O) groups excluding carboxylic acids is 1. The monoisotopic (exact) mass is 290 g/mol. The van der Waals surface area contributed by atoms with Crippen molar-refractivity contribution in [1.82, 2.24) is 10.3 Å². The second-order valence-corrected chi connectivity index (χ2v) is 5.83. The molecule has 0 saturated carbocycles. The molecule has 0 aliphatic carbocycles. The van der Waals surface area contributed by atoms with Crippen molar-refractivity contribution in [2.24, 2.45) is 11.7 Å². The van der Waals surface area contributed by atoms with E-state index in [0.717, 1.165) is 37.7 Å². The number of anilines is 1. The minimum atomic E-state index is -0.0571. The highest BCUT2D eigenvalue weighted by Gasteiger charge is 2.17. The number of aromatic nitrogens is 1. The van der Waals surface area contributed by atoms with Crippen LogP contribution in [0.25, 0.3) is 0 Å². The molecule has 0 atom stereocenters. The Bertz CT molecular complexity index is 438. The fourth-order valence-corrected chi connectivity index (χ4v) is 2.52. The van der Waals surface area contributed by atoms with Crippen LogP contribution in [0.15, 0.2) is 18.3 Å². The third kappa shape index (κ3) is 4.70. The highest BCUT2D eigenvalue weighted by molar-refractivity contribution is 5.94. The molecular formula is C16H26N4O. The highest BCUT2D eigenvalue weighted by atomic mass is 16.1. The van der Waals surface area contributed by atoms with E-state index in [1.165, 1.54) is 12.8 Å². The average molecular weight is 290 g/mol. The number of piperidine rings is 1. The van der Waals surface area contributed by atoms with Crippen LogP contribution < -0.4 is 16.0 Å². The van der Waals surface area contributed by atoms with Crippen molar-refractivity contribution in [2.45, 2.75) is 32.6 Å². The molecule has 1 amide bonds. The van der Waals surface area contributed by atoms with Crippen LogP contribution in [0, 0.1) is 5.92 Å². The maximum absolute atomic E-state index is 11.9. The minimum absolute atomic E-state index is 0.0571. The molecule has 0 unspecified atom stereocenters. The van der Waals surface area contributed by atoms with Gasteiger partial charge in [-0.1, -0.05) is 6.92 Å². The molecule has 5 heteroatoms. The summed E-state index contributed by atoms with van der Waals surface area (Å²) in [6, 6.07) is 3.81. The Kier molecular flexibility index (Phi) is 5.99. The van der Waals surface area contributed by atoms with Crippen molar-refractivity contribution >= 4 is 11.7 Å².